The molecular formula is C26H38Br2N2O4. The van der Waals surface area contributed by atoms with Crippen LogP contribution in [0, 0.1) is 32.5 Å². The molecule has 4 bridgehead atoms. The van der Waals surface area contributed by atoms with E-state index in [2.05, 4.69) is 42.5 Å². The van der Waals surface area contributed by atoms with Crippen LogP contribution in [0.15, 0.2) is 0 Å². The number of unbranched alkanes of at least 4 members (excludes halogenated alkanes) is 1. The average molecular weight is 602 g/mol. The maximum Gasteiger partial charge on any atom is 0.228 e. The van der Waals surface area contributed by atoms with Gasteiger partial charge in [-0.1, -0.05) is 73.4 Å². The second-order valence-corrected chi connectivity index (χ2v) is 14.4. The second-order valence-electron chi connectivity index (χ2n) is 12.5. The summed E-state index contributed by atoms with van der Waals surface area (Å²) in [4.78, 5) is 51.5. The Balaban J connectivity index is 1.29. The molecule has 4 fully saturated rings. The zero-order valence-corrected chi connectivity index (χ0v) is 24.4. The molecular weight excluding hydrogens is 564 g/mol. The lowest BCUT2D eigenvalue weighted by Gasteiger charge is -2.39. The van der Waals surface area contributed by atoms with Crippen LogP contribution in [0.3, 0.4) is 0 Å². The van der Waals surface area contributed by atoms with Crippen LogP contribution < -0.4 is 10.6 Å². The van der Waals surface area contributed by atoms with Crippen molar-refractivity contribution in [3.05, 3.63) is 0 Å². The third-order valence-corrected chi connectivity index (χ3v) is 13.8. The average Bonchev–Trinajstić information content (AvgIpc) is 3.21. The van der Waals surface area contributed by atoms with Gasteiger partial charge in [0.15, 0.2) is 11.6 Å². The maximum absolute atomic E-state index is 13.3. The lowest BCUT2D eigenvalue weighted by atomic mass is 9.64. The molecule has 0 aromatic heterocycles. The Bertz CT molecular complexity index is 888. The fraction of sp³-hybridized carbons (Fsp3) is 0.846. The summed E-state index contributed by atoms with van der Waals surface area (Å²) in [6.07, 6.45) is 4.37. The summed E-state index contributed by atoms with van der Waals surface area (Å²) in [5, 5.41) is 6.16. The van der Waals surface area contributed by atoms with Gasteiger partial charge in [0.1, 0.15) is 0 Å². The first kappa shape index (κ1) is 26.3. The molecule has 0 aromatic rings. The van der Waals surface area contributed by atoms with Gasteiger partial charge in [-0.2, -0.15) is 0 Å². The highest BCUT2D eigenvalue weighted by molar-refractivity contribution is 9.10. The quantitative estimate of drug-likeness (QED) is 0.336. The normalized spacial score (nSPS) is 43.4. The minimum Gasteiger partial charge on any atom is -0.356 e. The van der Waals surface area contributed by atoms with Crippen LogP contribution in [0.2, 0.25) is 0 Å². The van der Waals surface area contributed by atoms with Crippen molar-refractivity contribution in [1.82, 2.24) is 10.6 Å². The molecule has 6 nitrogen and oxygen atoms in total. The largest absolute Gasteiger partial charge is 0.356 e. The molecule has 0 aliphatic heterocycles. The summed E-state index contributed by atoms with van der Waals surface area (Å²) in [5.74, 6) is 0.191. The fourth-order valence-corrected chi connectivity index (χ4v) is 10.9. The molecule has 4 aliphatic rings. The van der Waals surface area contributed by atoms with Gasteiger partial charge >= 0.3 is 0 Å². The molecule has 0 heterocycles. The van der Waals surface area contributed by atoms with Crippen molar-refractivity contribution in [1.29, 1.82) is 0 Å². The number of nitrogens with one attached hydrogen (secondary N) is 2. The van der Waals surface area contributed by atoms with Crippen LogP contribution in [0.4, 0.5) is 0 Å². The van der Waals surface area contributed by atoms with Crippen LogP contribution in [0.5, 0.6) is 0 Å². The molecule has 0 radical (unpaired) electrons. The Morgan fingerprint density at radius 1 is 0.706 bits per heavy atom. The Labute approximate surface area is 219 Å². The smallest absolute Gasteiger partial charge is 0.228 e. The first-order valence-corrected chi connectivity index (χ1v) is 14.4. The van der Waals surface area contributed by atoms with E-state index in [9.17, 15) is 19.2 Å². The summed E-state index contributed by atoms with van der Waals surface area (Å²) in [7, 11) is 0. The van der Waals surface area contributed by atoms with Crippen molar-refractivity contribution in [3.63, 3.8) is 0 Å². The molecule has 2 amide bonds. The number of alkyl halides is 2. The number of rotatable bonds is 7. The van der Waals surface area contributed by atoms with E-state index in [0.29, 0.717) is 25.9 Å². The van der Waals surface area contributed by atoms with E-state index < -0.39 is 42.1 Å². The highest BCUT2D eigenvalue weighted by Gasteiger charge is 2.77. The third kappa shape index (κ3) is 2.73. The van der Waals surface area contributed by atoms with E-state index in [1.165, 1.54) is 0 Å². The molecule has 0 spiro atoms. The summed E-state index contributed by atoms with van der Waals surface area (Å²) in [6.45, 7) is 13.2. The van der Waals surface area contributed by atoms with E-state index >= 15 is 0 Å². The van der Waals surface area contributed by atoms with Gasteiger partial charge in [-0.05, 0) is 49.4 Å². The molecule has 2 N–H and O–H groups in total. The van der Waals surface area contributed by atoms with E-state index in [1.54, 1.807) is 0 Å². The fourth-order valence-electron chi connectivity index (χ4n) is 7.88. The summed E-state index contributed by atoms with van der Waals surface area (Å²) < 4.78 is 0. The molecule has 4 aliphatic carbocycles. The van der Waals surface area contributed by atoms with Gasteiger partial charge in [-0.25, -0.2) is 0 Å². The molecule has 0 aromatic carbocycles. The van der Waals surface area contributed by atoms with Gasteiger partial charge in [-0.15, -0.1) is 0 Å². The van der Waals surface area contributed by atoms with Crippen molar-refractivity contribution < 1.29 is 19.2 Å². The predicted molar refractivity (Wildman–Crippen MR) is 138 cm³/mol. The number of carbonyl (C=O) groups is 4. The zero-order chi connectivity index (χ0) is 25.5. The van der Waals surface area contributed by atoms with Crippen molar-refractivity contribution in [2.24, 2.45) is 32.5 Å². The van der Waals surface area contributed by atoms with Crippen LogP contribution >= 0.6 is 31.9 Å². The molecule has 0 saturated heterocycles. The molecule has 6 unspecified atom stereocenters. The standard InChI is InChI=1S/C26H38Br2N2O4/c1-21(2)23(5)9-11-25(21,15(27)17(23)31)19(33)29-13-7-8-14-30-20(34)26-12-10-24(6,22(26,3)4)18(32)16(26)28/h15-16H,7-14H2,1-6H3,(H,29,33)(H,30,34). The van der Waals surface area contributed by atoms with Crippen LogP contribution in [0.1, 0.15) is 80.1 Å². The molecule has 34 heavy (non-hydrogen) atoms. The van der Waals surface area contributed by atoms with Gasteiger partial charge in [0.2, 0.25) is 11.8 Å². The van der Waals surface area contributed by atoms with Crippen molar-refractivity contribution in [2.75, 3.05) is 13.1 Å². The molecule has 8 heteroatoms. The van der Waals surface area contributed by atoms with Gasteiger partial charge < -0.3 is 10.6 Å². The molecule has 190 valence electrons. The van der Waals surface area contributed by atoms with E-state index in [4.69, 9.17) is 0 Å². The van der Waals surface area contributed by atoms with Crippen LogP contribution in [0.25, 0.3) is 0 Å². The lowest BCUT2D eigenvalue weighted by Crippen LogP contribution is -2.51. The Kier molecular flexibility index (Phi) is 6.09. The number of fused-ring (bicyclic) bond motifs is 4. The number of Topliss-reactive ketones (excluding diaryl/α,β-unsaturated/α-hetero) is 2. The highest BCUT2D eigenvalue weighted by atomic mass is 79.9. The van der Waals surface area contributed by atoms with Gasteiger partial charge in [0.25, 0.3) is 0 Å². The second kappa shape index (κ2) is 7.87. The predicted octanol–water partition coefficient (Wildman–Crippen LogP) is 4.32. The molecule has 4 rings (SSSR count). The summed E-state index contributed by atoms with van der Waals surface area (Å²) >= 11 is 7.13. The number of halogens is 2. The van der Waals surface area contributed by atoms with Crippen molar-refractivity contribution in [3.8, 4) is 0 Å². The molecule has 4 saturated carbocycles. The summed E-state index contributed by atoms with van der Waals surface area (Å²) in [6, 6.07) is 0. The van der Waals surface area contributed by atoms with Crippen LogP contribution in [-0.4, -0.2) is 46.1 Å². The Morgan fingerprint density at radius 2 is 1.03 bits per heavy atom. The first-order valence-electron chi connectivity index (χ1n) is 12.5. The zero-order valence-electron chi connectivity index (χ0n) is 21.2. The third-order valence-electron chi connectivity index (χ3n) is 11.4. The summed E-state index contributed by atoms with van der Waals surface area (Å²) in [5.41, 5.74) is -3.19. The Morgan fingerprint density at radius 3 is 1.29 bits per heavy atom. The molecule has 6 atom stereocenters. The lowest BCUT2D eigenvalue weighted by molar-refractivity contribution is -0.136. The van der Waals surface area contributed by atoms with Crippen molar-refractivity contribution in [2.45, 2.75) is 89.7 Å². The SMILES string of the molecule is CC12CCC(C(=O)NCCCCNC(=O)C34CCC(C)(C(=O)C3Br)C4(C)C)(C(Br)C1=O)C2(C)C. The number of hydrogen-bond acceptors (Lipinski definition) is 4. The number of ketones is 2. The Hall–Kier alpha value is -0.760. The topological polar surface area (TPSA) is 92.3 Å². The van der Waals surface area contributed by atoms with Gasteiger partial charge in [0.05, 0.1) is 20.5 Å². The minimum absolute atomic E-state index is 0.0459. The van der Waals surface area contributed by atoms with Gasteiger partial charge in [-0.3, -0.25) is 19.2 Å². The van der Waals surface area contributed by atoms with Crippen molar-refractivity contribution >= 4 is 55.2 Å². The number of carbonyl (C=O) groups excluding carboxylic acids is 4. The van der Waals surface area contributed by atoms with E-state index in [1.807, 2.05) is 41.5 Å². The van der Waals surface area contributed by atoms with E-state index in [-0.39, 0.29) is 23.4 Å². The van der Waals surface area contributed by atoms with E-state index in [0.717, 1.165) is 25.7 Å². The number of hydrogen-bond donors (Lipinski definition) is 2. The van der Waals surface area contributed by atoms with Crippen LogP contribution in [-0.2, 0) is 19.2 Å². The van der Waals surface area contributed by atoms with Gasteiger partial charge in [0, 0.05) is 23.9 Å². The highest BCUT2D eigenvalue weighted by Crippen LogP contribution is 2.73. The number of amides is 2. The monoisotopic (exact) mass is 600 g/mol. The maximum atomic E-state index is 13.3. The minimum atomic E-state index is -0.715. The first-order chi connectivity index (χ1) is 15.6.